The molecule has 1 aromatic heterocycles. The zero-order valence-electron chi connectivity index (χ0n) is 26.5. The van der Waals surface area contributed by atoms with Crippen molar-refractivity contribution in [2.75, 3.05) is 11.9 Å². The third-order valence-electron chi connectivity index (χ3n) is 9.25. The van der Waals surface area contributed by atoms with Gasteiger partial charge >= 0.3 is 11.7 Å². The number of barbiturate groups is 1. The van der Waals surface area contributed by atoms with E-state index < -0.39 is 29.1 Å². The lowest BCUT2D eigenvalue weighted by molar-refractivity contribution is -0.128. The zero-order chi connectivity index (χ0) is 31.7. The third-order valence-corrected chi connectivity index (χ3v) is 9.25. The van der Waals surface area contributed by atoms with Crippen molar-refractivity contribution in [2.45, 2.75) is 69.2 Å². The summed E-state index contributed by atoms with van der Waals surface area (Å²) in [6.07, 6.45) is 0. The molecule has 2 aromatic carbocycles. The lowest BCUT2D eigenvalue weighted by atomic mass is 9.94. The van der Waals surface area contributed by atoms with Crippen molar-refractivity contribution < 1.29 is 14.4 Å². The first-order valence-corrected chi connectivity index (χ1v) is 13.8. The summed E-state index contributed by atoms with van der Waals surface area (Å²) in [5.74, 6) is -1.63. The number of carbonyl (C=O) groups is 3. The average Bonchev–Trinajstić information content (AvgIpc) is 2.94. The molecule has 0 spiro atoms. The minimum atomic E-state index is -0.816. The first-order valence-electron chi connectivity index (χ1n) is 13.8. The highest BCUT2D eigenvalue weighted by molar-refractivity contribution is 6.40. The molecule has 0 unspecified atom stereocenters. The Morgan fingerprint density at radius 3 is 1.62 bits per heavy atom. The number of nitrogens with zero attached hydrogens (tertiary/aromatic N) is 4. The van der Waals surface area contributed by atoms with Crippen LogP contribution < -0.4 is 16.1 Å². The number of likely N-dealkylation sites (N-methyl/N-ethyl adjacent to an activating group) is 1. The summed E-state index contributed by atoms with van der Waals surface area (Å²) in [5.41, 5.74) is 7.56. The Balaban J connectivity index is 2.07. The SMILES string of the molecule is C/C(=C1/C(=O)N(C)C(=O)N(c2cc(C)c(C)c(C)c2C)C1=O)c1c(C)n(-c2cc(C)c(C)c(C)c2C)c(=O)n(C)c1=O. The van der Waals surface area contributed by atoms with Crippen LogP contribution in [-0.2, 0) is 16.6 Å². The summed E-state index contributed by atoms with van der Waals surface area (Å²) in [6, 6.07) is 2.89. The molecule has 4 amide bonds. The van der Waals surface area contributed by atoms with E-state index in [-0.39, 0.29) is 16.7 Å². The van der Waals surface area contributed by atoms with Gasteiger partial charge in [-0.1, -0.05) is 0 Å². The maximum Gasteiger partial charge on any atom is 0.338 e. The molecule has 1 fully saturated rings. The number of hydrogen-bond acceptors (Lipinski definition) is 5. The lowest BCUT2D eigenvalue weighted by Crippen LogP contribution is -2.55. The van der Waals surface area contributed by atoms with E-state index in [2.05, 4.69) is 0 Å². The fourth-order valence-corrected chi connectivity index (χ4v) is 5.73. The summed E-state index contributed by atoms with van der Waals surface area (Å²) < 4.78 is 2.44. The van der Waals surface area contributed by atoms with Crippen LogP contribution >= 0.6 is 0 Å². The monoisotopic (exact) mass is 570 g/mol. The number of allylic oxidation sites excluding steroid dienone is 1. The Labute approximate surface area is 245 Å². The number of rotatable bonds is 3. The molecular weight excluding hydrogens is 532 g/mol. The zero-order valence-corrected chi connectivity index (χ0v) is 26.5. The second-order valence-corrected chi connectivity index (χ2v) is 11.4. The van der Waals surface area contributed by atoms with E-state index in [0.717, 1.165) is 58.9 Å². The maximum absolute atomic E-state index is 14.1. The van der Waals surface area contributed by atoms with Gasteiger partial charge in [-0.25, -0.2) is 14.5 Å². The number of benzene rings is 2. The van der Waals surface area contributed by atoms with E-state index in [1.165, 1.54) is 25.6 Å². The summed E-state index contributed by atoms with van der Waals surface area (Å²) in [5, 5.41) is 0. The minimum absolute atomic E-state index is 0.0553. The number of hydrogen-bond donors (Lipinski definition) is 0. The third kappa shape index (κ3) is 4.26. The van der Waals surface area contributed by atoms with Crippen molar-refractivity contribution in [3.8, 4) is 5.69 Å². The number of anilines is 1. The summed E-state index contributed by atoms with van der Waals surface area (Å²) in [7, 11) is 2.69. The smallest absolute Gasteiger partial charge is 0.268 e. The number of imide groups is 2. The quantitative estimate of drug-likeness (QED) is 0.335. The van der Waals surface area contributed by atoms with Crippen LogP contribution in [0.3, 0.4) is 0 Å². The first kappa shape index (κ1) is 30.4. The Hall–Kier alpha value is -4.53. The Bertz CT molecular complexity index is 1910. The van der Waals surface area contributed by atoms with Gasteiger partial charge in [-0.05, 0) is 131 Å². The molecule has 1 saturated heterocycles. The van der Waals surface area contributed by atoms with Crippen molar-refractivity contribution in [1.82, 2.24) is 14.0 Å². The van der Waals surface area contributed by atoms with E-state index >= 15 is 0 Å². The largest absolute Gasteiger partial charge is 0.338 e. The van der Waals surface area contributed by atoms with Crippen molar-refractivity contribution in [3.05, 3.63) is 94.3 Å². The van der Waals surface area contributed by atoms with Crippen LogP contribution in [0.15, 0.2) is 27.3 Å². The molecule has 0 N–H and O–H groups in total. The van der Waals surface area contributed by atoms with Gasteiger partial charge in [-0.2, -0.15) is 0 Å². The number of aryl methyl sites for hydroxylation is 2. The molecule has 2 heterocycles. The van der Waals surface area contributed by atoms with Crippen LogP contribution in [-0.4, -0.2) is 38.9 Å². The molecule has 9 heteroatoms. The Morgan fingerprint density at radius 1 is 0.619 bits per heavy atom. The molecule has 9 nitrogen and oxygen atoms in total. The van der Waals surface area contributed by atoms with Crippen LogP contribution in [0.25, 0.3) is 11.3 Å². The van der Waals surface area contributed by atoms with Crippen LogP contribution in [0.4, 0.5) is 10.5 Å². The van der Waals surface area contributed by atoms with Gasteiger partial charge in [0.2, 0.25) is 0 Å². The van der Waals surface area contributed by atoms with E-state index in [9.17, 15) is 24.0 Å². The van der Waals surface area contributed by atoms with Crippen LogP contribution in [0.2, 0.25) is 0 Å². The molecular formula is C33H38N4O5. The molecule has 1 aliphatic heterocycles. The molecule has 1 aliphatic rings. The van der Waals surface area contributed by atoms with Crippen molar-refractivity contribution >= 4 is 29.1 Å². The second kappa shape index (κ2) is 10.4. The average molecular weight is 571 g/mol. The summed E-state index contributed by atoms with van der Waals surface area (Å²) in [4.78, 5) is 70.1. The fourth-order valence-electron chi connectivity index (χ4n) is 5.73. The van der Waals surface area contributed by atoms with Gasteiger partial charge < -0.3 is 0 Å². The normalized spacial score (nSPS) is 15.2. The maximum atomic E-state index is 14.1. The first-order chi connectivity index (χ1) is 19.4. The molecule has 0 radical (unpaired) electrons. The van der Waals surface area contributed by atoms with E-state index in [0.29, 0.717) is 17.1 Å². The highest BCUT2D eigenvalue weighted by Gasteiger charge is 2.43. The lowest BCUT2D eigenvalue weighted by Gasteiger charge is -2.34. The van der Waals surface area contributed by atoms with Gasteiger partial charge in [0.1, 0.15) is 5.57 Å². The molecule has 220 valence electrons. The molecule has 0 bridgehead atoms. The standard InChI is InChI=1S/C33H38N4O5/c1-15-13-25(21(7)19(5)17(15)3)36-24(10)27(29(38)34(11)32(36)41)23(9)28-30(39)35(12)33(42)37(31(28)40)26-14-16(2)18(4)20(6)22(26)8/h13-14H,1-12H3/b28-23+. The van der Waals surface area contributed by atoms with Crippen molar-refractivity contribution in [1.29, 1.82) is 0 Å². The van der Waals surface area contributed by atoms with Gasteiger partial charge in [0, 0.05) is 19.8 Å². The number of urea groups is 1. The van der Waals surface area contributed by atoms with Crippen molar-refractivity contribution in [2.24, 2.45) is 7.05 Å². The summed E-state index contributed by atoms with van der Waals surface area (Å²) >= 11 is 0. The highest BCUT2D eigenvalue weighted by Crippen LogP contribution is 2.34. The van der Waals surface area contributed by atoms with Gasteiger partial charge in [0.15, 0.2) is 0 Å². The fraction of sp³-hybridized carbons (Fsp3) is 0.364. The van der Waals surface area contributed by atoms with E-state index in [1.54, 1.807) is 13.0 Å². The predicted molar refractivity (Wildman–Crippen MR) is 165 cm³/mol. The van der Waals surface area contributed by atoms with Gasteiger partial charge in [0.25, 0.3) is 17.4 Å². The minimum Gasteiger partial charge on any atom is -0.268 e. The van der Waals surface area contributed by atoms with Gasteiger partial charge in [0.05, 0.1) is 16.9 Å². The molecule has 4 rings (SSSR count). The van der Waals surface area contributed by atoms with Gasteiger partial charge in [-0.3, -0.25) is 28.4 Å². The van der Waals surface area contributed by atoms with Crippen molar-refractivity contribution in [3.63, 3.8) is 0 Å². The second-order valence-electron chi connectivity index (χ2n) is 11.4. The topological polar surface area (TPSA) is 102 Å². The van der Waals surface area contributed by atoms with Crippen LogP contribution in [0, 0.1) is 62.3 Å². The molecule has 42 heavy (non-hydrogen) atoms. The molecule has 3 aromatic rings. The Morgan fingerprint density at radius 2 is 1.10 bits per heavy atom. The van der Waals surface area contributed by atoms with Crippen LogP contribution in [0.5, 0.6) is 0 Å². The molecule has 0 saturated carbocycles. The number of aromatic nitrogens is 2. The molecule has 0 aliphatic carbocycles. The van der Waals surface area contributed by atoms with Crippen LogP contribution in [0.1, 0.15) is 62.7 Å². The highest BCUT2D eigenvalue weighted by atomic mass is 16.2. The molecule has 0 atom stereocenters. The number of carbonyl (C=O) groups excluding carboxylic acids is 3. The Kier molecular flexibility index (Phi) is 7.52. The predicted octanol–water partition coefficient (Wildman–Crippen LogP) is 4.71. The summed E-state index contributed by atoms with van der Waals surface area (Å²) in [6.45, 7) is 18.6. The number of amides is 4. The van der Waals surface area contributed by atoms with E-state index in [4.69, 9.17) is 0 Å². The van der Waals surface area contributed by atoms with Gasteiger partial charge in [-0.15, -0.1) is 0 Å². The van der Waals surface area contributed by atoms with E-state index in [1.807, 2.05) is 61.5 Å².